The molecule has 2 heterocycles. The van der Waals surface area contributed by atoms with Crippen molar-refractivity contribution in [3.8, 4) is 11.5 Å². The predicted octanol–water partition coefficient (Wildman–Crippen LogP) is -1.24. The third-order valence-electron chi connectivity index (χ3n) is 5.52. The molecule has 10 nitrogen and oxygen atoms in total. The zero-order chi connectivity index (χ0) is 22.6. The number of hydrogen-bond donors (Lipinski definition) is 2. The maximum absolute atomic E-state index is 13.0. The highest BCUT2D eigenvalue weighted by molar-refractivity contribution is 7.91. The Kier molecular flexibility index (Phi) is 7.57. The van der Waals surface area contributed by atoms with Gasteiger partial charge in [-0.05, 0) is 36.9 Å². The maximum Gasteiger partial charge on any atom is 0.489 e. The Balaban J connectivity index is 1.77. The Morgan fingerprint density at radius 2 is 2.10 bits per heavy atom. The van der Waals surface area contributed by atoms with E-state index in [1.54, 1.807) is 0 Å². The van der Waals surface area contributed by atoms with Gasteiger partial charge in [0.15, 0.2) is 27.9 Å². The number of methoxy groups -OCH3 is 1. The third-order valence-corrected chi connectivity index (χ3v) is 7.27. The largest absolute Gasteiger partial charge is 0.493 e. The number of amides is 1. The van der Waals surface area contributed by atoms with Crippen molar-refractivity contribution >= 4 is 34.6 Å². The topological polar surface area (TPSA) is 140 Å². The molecule has 12 heteroatoms. The van der Waals surface area contributed by atoms with E-state index in [0.717, 1.165) is 12.8 Å². The zero-order valence-electron chi connectivity index (χ0n) is 17.2. The number of aldehydes is 1. The number of sulfone groups is 1. The molecule has 0 radical (unpaired) electrons. The molecule has 0 aliphatic carbocycles. The summed E-state index contributed by atoms with van der Waals surface area (Å²) >= 11 is 0. The van der Waals surface area contributed by atoms with E-state index in [4.69, 9.17) is 14.2 Å². The molecule has 0 spiro atoms. The normalized spacial score (nSPS) is 22.2. The minimum Gasteiger partial charge on any atom is -0.493 e. The van der Waals surface area contributed by atoms with Crippen LogP contribution in [-0.2, 0) is 19.4 Å². The minimum atomic E-state index is -3.19. The lowest BCUT2D eigenvalue weighted by atomic mass is 9.77. The molecule has 2 N–H and O–H groups in total. The minimum absolute atomic E-state index is 0.0155. The van der Waals surface area contributed by atoms with Gasteiger partial charge in [0.25, 0.3) is 5.91 Å². The molecular weight excluding hydrogens is 429 g/mol. The van der Waals surface area contributed by atoms with E-state index in [9.17, 15) is 28.1 Å². The van der Waals surface area contributed by atoms with Gasteiger partial charge in [0.1, 0.15) is 6.29 Å². The summed E-state index contributed by atoms with van der Waals surface area (Å²) in [5, 5.41) is 19.0. The van der Waals surface area contributed by atoms with Crippen molar-refractivity contribution in [2.75, 3.05) is 38.4 Å². The first kappa shape index (κ1) is 23.5. The van der Waals surface area contributed by atoms with Crippen molar-refractivity contribution in [2.45, 2.75) is 31.4 Å². The van der Waals surface area contributed by atoms with E-state index >= 15 is 0 Å². The van der Waals surface area contributed by atoms with Crippen molar-refractivity contribution in [1.82, 2.24) is 4.90 Å². The van der Waals surface area contributed by atoms with E-state index < -0.39 is 35.5 Å². The van der Waals surface area contributed by atoms with E-state index in [1.165, 1.54) is 24.1 Å². The highest BCUT2D eigenvalue weighted by Crippen LogP contribution is 2.27. The fourth-order valence-corrected chi connectivity index (χ4v) is 5.63. The lowest BCUT2D eigenvalue weighted by Crippen LogP contribution is -2.47. The SMILES string of the molecule is COc1cc(C=O)c(B(O)O)cc1OCC(=O)N(CC1CCCO1)C1CCS(=O)(=O)C1. The smallest absolute Gasteiger partial charge is 0.489 e. The van der Waals surface area contributed by atoms with E-state index in [-0.39, 0.29) is 46.7 Å². The van der Waals surface area contributed by atoms with Crippen LogP contribution in [0.5, 0.6) is 11.5 Å². The van der Waals surface area contributed by atoms with Gasteiger partial charge >= 0.3 is 7.12 Å². The summed E-state index contributed by atoms with van der Waals surface area (Å²) in [5.41, 5.74) is -0.0713. The van der Waals surface area contributed by atoms with Gasteiger partial charge in [0, 0.05) is 24.8 Å². The van der Waals surface area contributed by atoms with Gasteiger partial charge in [0.05, 0.1) is 24.7 Å². The second kappa shape index (κ2) is 9.98. The van der Waals surface area contributed by atoms with Crippen LogP contribution in [0.25, 0.3) is 0 Å². The summed E-state index contributed by atoms with van der Waals surface area (Å²) in [6, 6.07) is 2.07. The van der Waals surface area contributed by atoms with Crippen molar-refractivity contribution in [1.29, 1.82) is 0 Å². The Hall–Kier alpha value is -2.15. The lowest BCUT2D eigenvalue weighted by molar-refractivity contribution is -0.137. The third kappa shape index (κ3) is 5.76. The van der Waals surface area contributed by atoms with E-state index in [2.05, 4.69) is 0 Å². The molecule has 2 unspecified atom stereocenters. The second-order valence-electron chi connectivity index (χ2n) is 7.65. The van der Waals surface area contributed by atoms with Gasteiger partial charge in [-0.1, -0.05) is 0 Å². The van der Waals surface area contributed by atoms with Crippen molar-refractivity contribution < 1.29 is 42.3 Å². The van der Waals surface area contributed by atoms with Gasteiger partial charge in [-0.25, -0.2) is 8.42 Å². The van der Waals surface area contributed by atoms with Crippen LogP contribution in [0.2, 0.25) is 0 Å². The van der Waals surface area contributed by atoms with E-state index in [1.807, 2.05) is 0 Å². The van der Waals surface area contributed by atoms with Gasteiger partial charge in [-0.3, -0.25) is 9.59 Å². The molecule has 0 bridgehead atoms. The molecular formula is C19H26BNO9S. The average molecular weight is 455 g/mol. The standard InChI is InChI=1S/C19H26BNO9S/c1-28-17-7-13(10-22)16(20(24)25)8-18(17)30-11-19(23)21(9-15-3-2-5-29-15)14-4-6-31(26,27)12-14/h7-8,10,14-15,24-25H,2-6,9,11-12H2,1H3. The number of rotatable bonds is 9. The molecule has 2 aliphatic heterocycles. The first-order valence-electron chi connectivity index (χ1n) is 10.0. The highest BCUT2D eigenvalue weighted by atomic mass is 32.2. The Morgan fingerprint density at radius 3 is 2.65 bits per heavy atom. The van der Waals surface area contributed by atoms with Crippen molar-refractivity contribution in [3.05, 3.63) is 17.7 Å². The highest BCUT2D eigenvalue weighted by Gasteiger charge is 2.36. The summed E-state index contributed by atoms with van der Waals surface area (Å²) < 4.78 is 40.3. The molecule has 3 rings (SSSR count). The summed E-state index contributed by atoms with van der Waals surface area (Å²) in [5.74, 6) is -0.268. The van der Waals surface area contributed by atoms with Crippen LogP contribution in [0, 0.1) is 0 Å². The Morgan fingerprint density at radius 1 is 1.32 bits per heavy atom. The zero-order valence-corrected chi connectivity index (χ0v) is 18.0. The summed E-state index contributed by atoms with van der Waals surface area (Å²) in [6.45, 7) is 0.476. The molecule has 0 saturated carbocycles. The van der Waals surface area contributed by atoms with Gasteiger partial charge in [0.2, 0.25) is 0 Å². The van der Waals surface area contributed by atoms with Gasteiger partial charge < -0.3 is 29.2 Å². The average Bonchev–Trinajstić information content (AvgIpc) is 3.38. The van der Waals surface area contributed by atoms with Crippen molar-refractivity contribution in [2.24, 2.45) is 0 Å². The fourth-order valence-electron chi connectivity index (χ4n) is 3.90. The molecule has 2 aliphatic rings. The van der Waals surface area contributed by atoms with Gasteiger partial charge in [-0.15, -0.1) is 0 Å². The molecule has 31 heavy (non-hydrogen) atoms. The summed E-state index contributed by atoms with van der Waals surface area (Å²) in [4.78, 5) is 25.7. The Bertz CT molecular complexity index is 915. The maximum atomic E-state index is 13.0. The first-order chi connectivity index (χ1) is 14.7. The summed E-state index contributed by atoms with van der Waals surface area (Å²) in [7, 11) is -3.76. The molecule has 2 atom stereocenters. The number of benzene rings is 1. The molecule has 1 aromatic carbocycles. The molecule has 1 aromatic rings. The number of hydrogen-bond acceptors (Lipinski definition) is 9. The number of carbonyl (C=O) groups is 2. The fraction of sp³-hybridized carbons (Fsp3) is 0.579. The van der Waals surface area contributed by atoms with E-state index in [0.29, 0.717) is 19.3 Å². The molecule has 0 aromatic heterocycles. The first-order valence-corrected chi connectivity index (χ1v) is 11.8. The Labute approximate surface area is 181 Å². The summed E-state index contributed by atoms with van der Waals surface area (Å²) in [6.07, 6.45) is 2.35. The monoisotopic (exact) mass is 455 g/mol. The quantitative estimate of drug-likeness (QED) is 0.346. The van der Waals surface area contributed by atoms with Crippen LogP contribution in [0.3, 0.4) is 0 Å². The van der Waals surface area contributed by atoms with Crippen LogP contribution in [0.15, 0.2) is 12.1 Å². The predicted molar refractivity (Wildman–Crippen MR) is 111 cm³/mol. The van der Waals surface area contributed by atoms with Crippen LogP contribution >= 0.6 is 0 Å². The van der Waals surface area contributed by atoms with Crippen molar-refractivity contribution in [3.63, 3.8) is 0 Å². The molecule has 170 valence electrons. The van der Waals surface area contributed by atoms with Crippen LogP contribution in [0.1, 0.15) is 29.6 Å². The number of ether oxygens (including phenoxy) is 3. The number of nitrogens with zero attached hydrogens (tertiary/aromatic N) is 1. The lowest BCUT2D eigenvalue weighted by Gasteiger charge is -2.30. The van der Waals surface area contributed by atoms with Crippen LogP contribution < -0.4 is 14.9 Å². The van der Waals surface area contributed by atoms with Crippen LogP contribution in [0.4, 0.5) is 0 Å². The van der Waals surface area contributed by atoms with Gasteiger partial charge in [-0.2, -0.15) is 0 Å². The molecule has 2 saturated heterocycles. The molecule has 1 amide bonds. The second-order valence-corrected chi connectivity index (χ2v) is 9.88. The molecule has 2 fully saturated rings. The van der Waals surface area contributed by atoms with Crippen LogP contribution in [-0.4, -0.2) is 93.2 Å². The number of carbonyl (C=O) groups excluding carboxylic acids is 2.